The molecule has 1 fully saturated rings. The third-order valence-electron chi connectivity index (χ3n) is 2.20. The van der Waals surface area contributed by atoms with Gasteiger partial charge in [0.2, 0.25) is 0 Å². The van der Waals surface area contributed by atoms with Crippen LogP contribution in [-0.2, 0) is 4.74 Å². The van der Waals surface area contributed by atoms with E-state index in [1.165, 1.54) is 0 Å². The Bertz CT molecular complexity index is 287. The van der Waals surface area contributed by atoms with E-state index in [1.807, 2.05) is 24.3 Å². The minimum absolute atomic E-state index is 0. The van der Waals surface area contributed by atoms with Gasteiger partial charge in [0.15, 0.2) is 0 Å². The second kappa shape index (κ2) is 5.56. The van der Waals surface area contributed by atoms with Crippen molar-refractivity contribution in [1.82, 2.24) is 5.32 Å². The van der Waals surface area contributed by atoms with E-state index >= 15 is 0 Å². The molecule has 14 heavy (non-hydrogen) atoms. The highest BCUT2D eigenvalue weighted by molar-refractivity contribution is 6.31. The standard InChI is InChI=1S/C10H12ClNO.ClH/c11-9-4-2-1-3-8(9)10-7-13-6-5-12-10;/h1-4,10,12H,5-7H2;1H/t10-;/m0./s1. The maximum Gasteiger partial charge on any atom is 0.0662 e. The fourth-order valence-corrected chi connectivity index (χ4v) is 1.79. The van der Waals surface area contributed by atoms with Crippen LogP contribution in [-0.4, -0.2) is 19.8 Å². The molecule has 0 amide bonds. The van der Waals surface area contributed by atoms with Crippen molar-refractivity contribution in [2.45, 2.75) is 6.04 Å². The molecule has 0 aliphatic carbocycles. The van der Waals surface area contributed by atoms with E-state index in [0.29, 0.717) is 6.61 Å². The normalized spacial score (nSPS) is 21.4. The molecule has 4 heteroatoms. The summed E-state index contributed by atoms with van der Waals surface area (Å²) in [5, 5.41) is 4.18. The van der Waals surface area contributed by atoms with Crippen LogP contribution >= 0.6 is 24.0 Å². The van der Waals surface area contributed by atoms with Gasteiger partial charge in [-0.3, -0.25) is 0 Å². The predicted molar refractivity (Wildman–Crippen MR) is 60.3 cm³/mol. The highest BCUT2D eigenvalue weighted by Crippen LogP contribution is 2.23. The van der Waals surface area contributed by atoms with Gasteiger partial charge in [0.25, 0.3) is 0 Å². The first kappa shape index (κ1) is 11.8. The molecule has 0 radical (unpaired) electrons. The fourth-order valence-electron chi connectivity index (χ4n) is 1.52. The Kier molecular flexibility index (Phi) is 4.69. The zero-order chi connectivity index (χ0) is 9.10. The van der Waals surface area contributed by atoms with Crippen molar-refractivity contribution in [3.8, 4) is 0 Å². The van der Waals surface area contributed by atoms with E-state index in [1.54, 1.807) is 0 Å². The fraction of sp³-hybridized carbons (Fsp3) is 0.400. The minimum atomic E-state index is 0. The van der Waals surface area contributed by atoms with Gasteiger partial charge in [-0.1, -0.05) is 29.8 Å². The van der Waals surface area contributed by atoms with Crippen LogP contribution in [0.5, 0.6) is 0 Å². The molecule has 2 nitrogen and oxygen atoms in total. The third-order valence-corrected chi connectivity index (χ3v) is 2.55. The molecule has 1 saturated heterocycles. The first-order valence-electron chi connectivity index (χ1n) is 4.43. The Morgan fingerprint density at radius 2 is 2.14 bits per heavy atom. The summed E-state index contributed by atoms with van der Waals surface area (Å²) in [6.45, 7) is 2.40. The van der Waals surface area contributed by atoms with Gasteiger partial charge in [0.1, 0.15) is 0 Å². The third kappa shape index (κ3) is 2.61. The van der Waals surface area contributed by atoms with Crippen molar-refractivity contribution in [2.75, 3.05) is 19.8 Å². The van der Waals surface area contributed by atoms with Crippen LogP contribution in [0.2, 0.25) is 5.02 Å². The molecule has 0 aromatic heterocycles. The van der Waals surface area contributed by atoms with E-state index in [4.69, 9.17) is 16.3 Å². The van der Waals surface area contributed by atoms with Crippen LogP contribution in [0, 0.1) is 0 Å². The number of ether oxygens (including phenoxy) is 1. The van der Waals surface area contributed by atoms with Crippen molar-refractivity contribution < 1.29 is 4.74 Å². The van der Waals surface area contributed by atoms with Crippen LogP contribution < -0.4 is 5.32 Å². The van der Waals surface area contributed by atoms with E-state index in [-0.39, 0.29) is 18.4 Å². The molecule has 1 N–H and O–H groups in total. The molecular formula is C10H13Cl2NO. The van der Waals surface area contributed by atoms with Crippen molar-refractivity contribution in [2.24, 2.45) is 0 Å². The second-order valence-corrected chi connectivity index (χ2v) is 3.51. The van der Waals surface area contributed by atoms with Crippen LogP contribution in [0.25, 0.3) is 0 Å². The highest BCUT2D eigenvalue weighted by Gasteiger charge is 2.16. The van der Waals surface area contributed by atoms with E-state index < -0.39 is 0 Å². The Labute approximate surface area is 95.0 Å². The molecular weight excluding hydrogens is 221 g/mol. The van der Waals surface area contributed by atoms with Crippen molar-refractivity contribution in [3.63, 3.8) is 0 Å². The molecule has 1 aliphatic heterocycles. The number of halogens is 2. The summed E-state index contributed by atoms with van der Waals surface area (Å²) in [7, 11) is 0. The van der Waals surface area contributed by atoms with Gasteiger partial charge in [-0.15, -0.1) is 12.4 Å². The van der Waals surface area contributed by atoms with Crippen molar-refractivity contribution in [3.05, 3.63) is 34.9 Å². The zero-order valence-corrected chi connectivity index (χ0v) is 9.27. The van der Waals surface area contributed by atoms with Crippen molar-refractivity contribution >= 4 is 24.0 Å². The largest absolute Gasteiger partial charge is 0.378 e. The van der Waals surface area contributed by atoms with E-state index in [9.17, 15) is 0 Å². The summed E-state index contributed by atoms with van der Waals surface area (Å²) < 4.78 is 5.37. The van der Waals surface area contributed by atoms with Gasteiger partial charge in [0.05, 0.1) is 19.3 Å². The van der Waals surface area contributed by atoms with Gasteiger partial charge in [0, 0.05) is 11.6 Å². The first-order chi connectivity index (χ1) is 6.38. The SMILES string of the molecule is Cl.Clc1ccccc1[C@@H]1COCCN1. The molecule has 0 saturated carbocycles. The summed E-state index contributed by atoms with van der Waals surface area (Å²) in [5.74, 6) is 0. The molecule has 1 heterocycles. The average Bonchev–Trinajstić information content (AvgIpc) is 2.20. The van der Waals surface area contributed by atoms with E-state index in [2.05, 4.69) is 5.32 Å². The molecule has 0 spiro atoms. The van der Waals surface area contributed by atoms with Crippen LogP contribution in [0.4, 0.5) is 0 Å². The lowest BCUT2D eigenvalue weighted by atomic mass is 10.1. The summed E-state index contributed by atoms with van der Waals surface area (Å²) in [5.41, 5.74) is 1.13. The quantitative estimate of drug-likeness (QED) is 0.805. The number of hydrogen-bond acceptors (Lipinski definition) is 2. The summed E-state index contributed by atoms with van der Waals surface area (Å²) in [4.78, 5) is 0. The Balaban J connectivity index is 0.000000980. The molecule has 78 valence electrons. The number of hydrogen-bond donors (Lipinski definition) is 1. The molecule has 1 aromatic rings. The van der Waals surface area contributed by atoms with Crippen LogP contribution in [0.15, 0.2) is 24.3 Å². The summed E-state index contributed by atoms with van der Waals surface area (Å²) in [6.07, 6.45) is 0. The molecule has 1 atom stereocenters. The Hall–Kier alpha value is -0.280. The monoisotopic (exact) mass is 233 g/mol. The van der Waals surface area contributed by atoms with Gasteiger partial charge in [-0.25, -0.2) is 0 Å². The first-order valence-corrected chi connectivity index (χ1v) is 4.81. The molecule has 0 bridgehead atoms. The summed E-state index contributed by atoms with van der Waals surface area (Å²) in [6, 6.07) is 8.14. The predicted octanol–water partition coefficient (Wildman–Crippen LogP) is 2.42. The summed E-state index contributed by atoms with van der Waals surface area (Å²) >= 11 is 6.06. The van der Waals surface area contributed by atoms with Gasteiger partial charge in [-0.2, -0.15) is 0 Å². The smallest absolute Gasteiger partial charge is 0.0662 e. The van der Waals surface area contributed by atoms with Gasteiger partial charge < -0.3 is 10.1 Å². The number of nitrogens with one attached hydrogen (secondary N) is 1. The van der Waals surface area contributed by atoms with Gasteiger partial charge in [-0.05, 0) is 11.6 Å². The topological polar surface area (TPSA) is 21.3 Å². The van der Waals surface area contributed by atoms with Gasteiger partial charge >= 0.3 is 0 Å². The second-order valence-electron chi connectivity index (χ2n) is 3.10. The number of benzene rings is 1. The minimum Gasteiger partial charge on any atom is -0.378 e. The lowest BCUT2D eigenvalue weighted by Crippen LogP contribution is -2.34. The Morgan fingerprint density at radius 1 is 1.36 bits per heavy atom. The number of rotatable bonds is 1. The van der Waals surface area contributed by atoms with Crippen LogP contribution in [0.1, 0.15) is 11.6 Å². The maximum absolute atomic E-state index is 6.06. The molecule has 2 rings (SSSR count). The average molecular weight is 234 g/mol. The Morgan fingerprint density at radius 3 is 2.79 bits per heavy atom. The molecule has 0 unspecified atom stereocenters. The zero-order valence-electron chi connectivity index (χ0n) is 7.70. The van der Waals surface area contributed by atoms with Crippen molar-refractivity contribution in [1.29, 1.82) is 0 Å². The van der Waals surface area contributed by atoms with Crippen LogP contribution in [0.3, 0.4) is 0 Å². The van der Waals surface area contributed by atoms with E-state index in [0.717, 1.165) is 23.7 Å². The highest BCUT2D eigenvalue weighted by atomic mass is 35.5. The lowest BCUT2D eigenvalue weighted by Gasteiger charge is -2.24. The maximum atomic E-state index is 6.06. The molecule has 1 aliphatic rings. The lowest BCUT2D eigenvalue weighted by molar-refractivity contribution is 0.0769. The molecule has 1 aromatic carbocycles. The number of morpholine rings is 1.